The number of sulfonamides is 1. The highest BCUT2D eigenvalue weighted by Crippen LogP contribution is 2.23. The number of nitrogens with two attached hydrogens (primary N) is 1. The summed E-state index contributed by atoms with van der Waals surface area (Å²) < 4.78 is 22.0. The number of benzene rings is 1. The molecule has 0 amide bonds. The van der Waals surface area contributed by atoms with Crippen LogP contribution in [-0.2, 0) is 10.0 Å². The summed E-state index contributed by atoms with van der Waals surface area (Å²) in [6.07, 6.45) is 0. The average Bonchev–Trinajstić information content (AvgIpc) is 1.94. The van der Waals surface area contributed by atoms with E-state index < -0.39 is 10.0 Å². The van der Waals surface area contributed by atoms with E-state index in [1.807, 2.05) is 0 Å². The highest BCUT2D eigenvalue weighted by Gasteiger charge is 2.14. The summed E-state index contributed by atoms with van der Waals surface area (Å²) in [5, 5.41) is 4.95. The van der Waals surface area contributed by atoms with E-state index in [2.05, 4.69) is 0 Å². The average molecular weight is 199 g/mol. The fraction of sp³-hybridized carbons (Fsp3) is 0.250. The smallest absolute Gasteiger partial charge is 0.240 e. The Morgan fingerprint density at radius 3 is 2.31 bits per heavy atom. The van der Waals surface area contributed by atoms with Gasteiger partial charge in [0.15, 0.2) is 0 Å². The third-order valence-corrected chi connectivity index (χ3v) is 2.69. The van der Waals surface area contributed by atoms with Gasteiger partial charge < -0.3 is 0 Å². The van der Waals surface area contributed by atoms with Gasteiger partial charge in [-0.1, -0.05) is 6.07 Å². The molecule has 0 atom stereocenters. The van der Waals surface area contributed by atoms with Gasteiger partial charge in [-0.25, -0.2) is 13.6 Å². The number of hydrogen-bond acceptors (Lipinski definition) is 2. The lowest BCUT2D eigenvalue weighted by Gasteiger charge is -2.06. The van der Waals surface area contributed by atoms with Crippen LogP contribution in [0, 0.1) is 13.8 Å². The van der Waals surface area contributed by atoms with Gasteiger partial charge in [-0.3, -0.25) is 5.73 Å². The summed E-state index contributed by atoms with van der Waals surface area (Å²) in [7, 11) is -3.77. The first-order valence-electron chi connectivity index (χ1n) is 3.68. The van der Waals surface area contributed by atoms with Crippen LogP contribution in [0.15, 0.2) is 17.0 Å². The molecule has 0 unspecified atom stereocenters. The predicted octanol–water partition coefficient (Wildman–Crippen LogP) is 0.865. The van der Waals surface area contributed by atoms with Crippen LogP contribution in [0.1, 0.15) is 11.1 Å². The third-order valence-electron chi connectivity index (χ3n) is 1.75. The molecule has 0 aromatic heterocycles. The molecule has 0 spiro atoms. The van der Waals surface area contributed by atoms with Crippen LogP contribution in [0.3, 0.4) is 0 Å². The molecule has 1 radical (unpaired) electrons. The Hall–Kier alpha value is -1.07. The quantitative estimate of drug-likeness (QED) is 0.727. The lowest BCUT2D eigenvalue weighted by molar-refractivity contribution is 0.598. The van der Waals surface area contributed by atoms with Gasteiger partial charge in [-0.05, 0) is 31.0 Å². The number of hydrogen-bond donors (Lipinski definition) is 1. The second kappa shape index (κ2) is 3.01. The van der Waals surface area contributed by atoms with E-state index in [9.17, 15) is 8.42 Å². The van der Waals surface area contributed by atoms with Gasteiger partial charge >= 0.3 is 0 Å². The van der Waals surface area contributed by atoms with Gasteiger partial charge in [-0.2, -0.15) is 0 Å². The molecule has 13 heavy (non-hydrogen) atoms. The molecule has 0 bridgehead atoms. The lowest BCUT2D eigenvalue weighted by atomic mass is 10.1. The zero-order chi connectivity index (χ0) is 10.2. The topological polar surface area (TPSA) is 84.0 Å². The summed E-state index contributed by atoms with van der Waals surface area (Å²) >= 11 is 0. The van der Waals surface area contributed by atoms with Crippen molar-refractivity contribution >= 4 is 15.7 Å². The molecule has 71 valence electrons. The van der Waals surface area contributed by atoms with Crippen LogP contribution in [0.2, 0.25) is 0 Å². The van der Waals surface area contributed by atoms with Gasteiger partial charge in [-0.15, -0.1) is 0 Å². The lowest BCUT2D eigenvalue weighted by Crippen LogP contribution is -2.13. The van der Waals surface area contributed by atoms with Crippen molar-refractivity contribution in [2.45, 2.75) is 18.7 Å². The van der Waals surface area contributed by atoms with Crippen molar-refractivity contribution < 1.29 is 8.42 Å². The monoisotopic (exact) mass is 199 g/mol. The Bertz CT molecular complexity index is 438. The minimum atomic E-state index is -3.77. The van der Waals surface area contributed by atoms with Crippen molar-refractivity contribution in [2.24, 2.45) is 5.14 Å². The normalized spacial score (nSPS) is 11.6. The molecular formula is C8H11N2O2S. The first kappa shape index (κ1) is 10.0. The Morgan fingerprint density at radius 2 is 1.85 bits per heavy atom. The summed E-state index contributed by atoms with van der Waals surface area (Å²) in [5.74, 6) is 0. The fourth-order valence-electron chi connectivity index (χ4n) is 1.15. The van der Waals surface area contributed by atoms with Crippen LogP contribution in [0.25, 0.3) is 0 Å². The minimum absolute atomic E-state index is 0.0203. The second-order valence-electron chi connectivity index (χ2n) is 3.00. The largest absolute Gasteiger partial charge is 0.299 e. The fourth-order valence-corrected chi connectivity index (χ4v) is 1.95. The van der Waals surface area contributed by atoms with Crippen LogP contribution in [0.4, 0.5) is 5.69 Å². The molecular weight excluding hydrogens is 188 g/mol. The van der Waals surface area contributed by atoms with E-state index in [1.165, 1.54) is 6.07 Å². The maximum atomic E-state index is 11.0. The second-order valence-corrected chi connectivity index (χ2v) is 4.53. The number of rotatable bonds is 1. The van der Waals surface area contributed by atoms with Crippen molar-refractivity contribution in [3.63, 3.8) is 0 Å². The van der Waals surface area contributed by atoms with E-state index in [0.717, 1.165) is 5.56 Å². The Morgan fingerprint density at radius 1 is 1.31 bits per heavy atom. The maximum Gasteiger partial charge on any atom is 0.240 e. The maximum absolute atomic E-state index is 11.0. The van der Waals surface area contributed by atoms with Gasteiger partial charge in [0.1, 0.15) is 4.90 Å². The van der Waals surface area contributed by atoms with Crippen molar-refractivity contribution in [1.82, 2.24) is 5.73 Å². The minimum Gasteiger partial charge on any atom is -0.299 e. The van der Waals surface area contributed by atoms with E-state index in [-0.39, 0.29) is 10.6 Å². The summed E-state index contributed by atoms with van der Waals surface area (Å²) in [4.78, 5) is -0.106. The van der Waals surface area contributed by atoms with Crippen LogP contribution in [-0.4, -0.2) is 8.42 Å². The van der Waals surface area contributed by atoms with Crippen molar-refractivity contribution in [2.75, 3.05) is 0 Å². The predicted molar refractivity (Wildman–Crippen MR) is 50.0 cm³/mol. The van der Waals surface area contributed by atoms with Crippen LogP contribution in [0.5, 0.6) is 0 Å². The summed E-state index contributed by atoms with van der Waals surface area (Å²) in [5.41, 5.74) is 8.87. The van der Waals surface area contributed by atoms with Gasteiger partial charge in [0.2, 0.25) is 10.0 Å². The molecule has 1 aromatic carbocycles. The number of nitrogens with one attached hydrogen (secondary N) is 1. The Balaban J connectivity index is 3.56. The highest BCUT2D eigenvalue weighted by molar-refractivity contribution is 7.89. The molecule has 0 saturated heterocycles. The van der Waals surface area contributed by atoms with E-state index in [1.54, 1.807) is 19.9 Å². The molecule has 4 nitrogen and oxygen atoms in total. The standard InChI is InChI=1S/C8H11N2O2S/c1-5-3-6(2)8(9)7(4-5)13(10,11)12/h3-4,9H,1-2H3,(H2,10,11,12). The van der Waals surface area contributed by atoms with Crippen molar-refractivity contribution in [3.05, 3.63) is 23.3 Å². The van der Waals surface area contributed by atoms with Gasteiger partial charge in [0.05, 0.1) is 5.69 Å². The first-order chi connectivity index (χ1) is 5.82. The summed E-state index contributed by atoms with van der Waals surface area (Å²) in [6, 6.07) is 3.15. The molecule has 1 rings (SSSR count). The number of aryl methyl sites for hydroxylation is 2. The van der Waals surface area contributed by atoms with Crippen molar-refractivity contribution in [1.29, 1.82) is 0 Å². The van der Waals surface area contributed by atoms with Crippen LogP contribution < -0.4 is 10.9 Å². The molecule has 0 saturated carbocycles. The molecule has 0 aliphatic carbocycles. The van der Waals surface area contributed by atoms with Gasteiger partial charge in [0.25, 0.3) is 0 Å². The molecule has 0 fully saturated rings. The van der Waals surface area contributed by atoms with Crippen LogP contribution >= 0.6 is 0 Å². The molecule has 0 aliphatic heterocycles. The molecule has 0 heterocycles. The SMILES string of the molecule is Cc1cc(C)c([NH])c(S(N)(=O)=O)c1. The number of primary sulfonamides is 1. The zero-order valence-corrected chi connectivity index (χ0v) is 8.27. The Kier molecular flexibility index (Phi) is 2.32. The van der Waals surface area contributed by atoms with E-state index in [0.29, 0.717) is 5.56 Å². The molecule has 1 aromatic rings. The highest BCUT2D eigenvalue weighted by atomic mass is 32.2. The third kappa shape index (κ3) is 1.99. The van der Waals surface area contributed by atoms with Gasteiger partial charge in [0, 0.05) is 0 Å². The van der Waals surface area contributed by atoms with E-state index >= 15 is 0 Å². The Labute approximate surface area is 77.6 Å². The zero-order valence-electron chi connectivity index (χ0n) is 7.46. The molecule has 3 N–H and O–H groups in total. The summed E-state index contributed by atoms with van der Waals surface area (Å²) in [6.45, 7) is 3.45. The van der Waals surface area contributed by atoms with Crippen molar-refractivity contribution in [3.8, 4) is 0 Å². The molecule has 0 aliphatic rings. The first-order valence-corrected chi connectivity index (χ1v) is 5.22. The van der Waals surface area contributed by atoms with E-state index in [4.69, 9.17) is 10.9 Å². The molecule has 5 heteroatoms.